The highest BCUT2D eigenvalue weighted by atomic mass is 35.5. The van der Waals surface area contributed by atoms with Gasteiger partial charge in [-0.15, -0.1) is 0 Å². The molecule has 4 aromatic rings. The van der Waals surface area contributed by atoms with E-state index < -0.39 is 0 Å². The van der Waals surface area contributed by atoms with Crippen molar-refractivity contribution in [3.8, 4) is 5.75 Å². The van der Waals surface area contributed by atoms with Crippen molar-refractivity contribution in [1.29, 1.82) is 0 Å². The molecule has 1 N–H and O–H groups in total. The molecule has 0 atom stereocenters. The molecule has 0 aliphatic rings. The van der Waals surface area contributed by atoms with E-state index in [9.17, 15) is 4.79 Å². The fourth-order valence-corrected chi connectivity index (χ4v) is 4.00. The lowest BCUT2D eigenvalue weighted by atomic mass is 10.1. The molecule has 4 rings (SSSR count). The molecule has 0 saturated carbocycles. The fraction of sp³-hybridized carbons (Fsp3) is 0.154. The first-order chi connectivity index (χ1) is 15.9. The van der Waals surface area contributed by atoms with Crippen molar-refractivity contribution in [3.63, 3.8) is 0 Å². The van der Waals surface area contributed by atoms with Crippen LogP contribution in [0.15, 0.2) is 73.1 Å². The van der Waals surface area contributed by atoms with Crippen molar-refractivity contribution in [2.45, 2.75) is 27.0 Å². The summed E-state index contributed by atoms with van der Waals surface area (Å²) in [7, 11) is 0. The first-order valence-corrected chi connectivity index (χ1v) is 11.2. The van der Waals surface area contributed by atoms with E-state index in [1.165, 1.54) is 5.56 Å². The third-order valence-electron chi connectivity index (χ3n) is 5.19. The summed E-state index contributed by atoms with van der Waals surface area (Å²) in [5, 5.41) is 8.33. The van der Waals surface area contributed by atoms with E-state index in [0.29, 0.717) is 34.4 Å². The molecule has 0 fully saturated rings. The number of carbonyl (C=O) groups excluding carboxylic acids is 1. The van der Waals surface area contributed by atoms with Gasteiger partial charge in [0.15, 0.2) is 0 Å². The second-order valence-electron chi connectivity index (χ2n) is 7.84. The van der Waals surface area contributed by atoms with Crippen molar-refractivity contribution >= 4 is 34.8 Å². The van der Waals surface area contributed by atoms with Gasteiger partial charge in [-0.2, -0.15) is 5.10 Å². The van der Waals surface area contributed by atoms with Gasteiger partial charge in [0.2, 0.25) is 0 Å². The second-order valence-corrected chi connectivity index (χ2v) is 8.65. The summed E-state index contributed by atoms with van der Waals surface area (Å²) in [6, 6.07) is 18.8. The van der Waals surface area contributed by atoms with Crippen LogP contribution in [0.1, 0.15) is 32.6 Å². The molecule has 0 aliphatic carbocycles. The normalized spacial score (nSPS) is 10.8. The second kappa shape index (κ2) is 10.1. The molecule has 1 heterocycles. The van der Waals surface area contributed by atoms with Crippen molar-refractivity contribution in [3.05, 3.63) is 111 Å². The Bertz CT molecular complexity index is 1280. The van der Waals surface area contributed by atoms with Crippen LogP contribution in [-0.4, -0.2) is 15.7 Å². The zero-order valence-corrected chi connectivity index (χ0v) is 19.8. The number of nitrogens with one attached hydrogen (secondary N) is 1. The maximum absolute atomic E-state index is 12.8. The highest BCUT2D eigenvalue weighted by molar-refractivity contribution is 6.35. The van der Waals surface area contributed by atoms with Gasteiger partial charge in [-0.1, -0.05) is 59.1 Å². The summed E-state index contributed by atoms with van der Waals surface area (Å²) in [6.45, 7) is 4.85. The summed E-state index contributed by atoms with van der Waals surface area (Å²) in [5.74, 6) is 0.611. The van der Waals surface area contributed by atoms with Gasteiger partial charge in [-0.05, 0) is 55.3 Å². The highest BCUT2D eigenvalue weighted by Gasteiger charge is 2.11. The molecule has 33 heavy (non-hydrogen) atoms. The molecule has 1 aromatic heterocycles. The Kier molecular flexibility index (Phi) is 7.02. The van der Waals surface area contributed by atoms with E-state index in [1.807, 2.05) is 37.3 Å². The van der Waals surface area contributed by atoms with Gasteiger partial charge in [0.25, 0.3) is 5.91 Å². The van der Waals surface area contributed by atoms with E-state index in [1.54, 1.807) is 41.3 Å². The van der Waals surface area contributed by atoms with Crippen LogP contribution in [0.4, 0.5) is 5.69 Å². The van der Waals surface area contributed by atoms with Crippen LogP contribution in [0.25, 0.3) is 0 Å². The van der Waals surface area contributed by atoms with E-state index in [4.69, 9.17) is 27.9 Å². The minimum absolute atomic E-state index is 0.223. The molecular formula is C26H23Cl2N3O2. The fourth-order valence-electron chi connectivity index (χ4n) is 3.49. The molecule has 0 aliphatic heterocycles. The lowest BCUT2D eigenvalue weighted by molar-refractivity contribution is 0.102. The average Bonchev–Trinajstić information content (AvgIpc) is 3.23. The number of amides is 1. The van der Waals surface area contributed by atoms with Crippen molar-refractivity contribution in [2.75, 3.05) is 5.32 Å². The molecule has 0 unspecified atom stereocenters. The largest absolute Gasteiger partial charge is 0.489 e. The number of aromatic nitrogens is 2. The Balaban J connectivity index is 1.40. The number of hydrogen-bond donors (Lipinski definition) is 1. The first kappa shape index (κ1) is 22.9. The lowest BCUT2D eigenvalue weighted by Crippen LogP contribution is -2.12. The van der Waals surface area contributed by atoms with E-state index >= 15 is 0 Å². The van der Waals surface area contributed by atoms with Gasteiger partial charge in [-0.25, -0.2) is 0 Å². The molecule has 3 aromatic carbocycles. The predicted octanol–water partition coefficient (Wildman–Crippen LogP) is 6.69. The Morgan fingerprint density at radius 2 is 1.79 bits per heavy atom. The van der Waals surface area contributed by atoms with E-state index in [0.717, 1.165) is 22.4 Å². The van der Waals surface area contributed by atoms with Crippen LogP contribution in [0.5, 0.6) is 5.75 Å². The van der Waals surface area contributed by atoms with Gasteiger partial charge in [0, 0.05) is 27.4 Å². The number of aryl methyl sites for hydroxylation is 2. The highest BCUT2D eigenvalue weighted by Crippen LogP contribution is 2.25. The van der Waals surface area contributed by atoms with E-state index in [-0.39, 0.29) is 5.91 Å². The van der Waals surface area contributed by atoms with Gasteiger partial charge in [0.05, 0.1) is 18.4 Å². The SMILES string of the molecule is Cc1ccc(OCc2cccc(C(=O)Nc3cnn(Cc4c(Cl)cccc4Cl)c3)c2)c(C)c1. The molecule has 5 nitrogen and oxygen atoms in total. The first-order valence-electron chi connectivity index (χ1n) is 10.4. The number of benzene rings is 3. The minimum atomic E-state index is -0.223. The van der Waals surface area contributed by atoms with Crippen molar-refractivity contribution in [1.82, 2.24) is 9.78 Å². The predicted molar refractivity (Wildman–Crippen MR) is 132 cm³/mol. The molecule has 1 amide bonds. The molecule has 7 heteroatoms. The Labute approximate surface area is 202 Å². The Morgan fingerprint density at radius 1 is 1.03 bits per heavy atom. The number of hydrogen-bond acceptors (Lipinski definition) is 3. The zero-order valence-electron chi connectivity index (χ0n) is 18.3. The number of rotatable bonds is 7. The Hall–Kier alpha value is -3.28. The van der Waals surface area contributed by atoms with Crippen LogP contribution in [-0.2, 0) is 13.2 Å². The number of halogens is 2. The van der Waals surface area contributed by atoms with Crippen molar-refractivity contribution in [2.24, 2.45) is 0 Å². The van der Waals surface area contributed by atoms with Crippen molar-refractivity contribution < 1.29 is 9.53 Å². The molecule has 0 saturated heterocycles. The van der Waals surface area contributed by atoms with Crippen LogP contribution in [0.2, 0.25) is 10.0 Å². The molecule has 0 radical (unpaired) electrons. The van der Waals surface area contributed by atoms with Crippen LogP contribution in [0, 0.1) is 13.8 Å². The Morgan fingerprint density at radius 3 is 2.55 bits per heavy atom. The molecule has 0 bridgehead atoms. The van der Waals surface area contributed by atoms with E-state index in [2.05, 4.69) is 23.4 Å². The molecule has 168 valence electrons. The topological polar surface area (TPSA) is 56.1 Å². The third-order valence-corrected chi connectivity index (χ3v) is 5.90. The smallest absolute Gasteiger partial charge is 0.255 e. The monoisotopic (exact) mass is 479 g/mol. The number of carbonyl (C=O) groups is 1. The summed E-state index contributed by atoms with van der Waals surface area (Å²) in [6.07, 6.45) is 3.33. The maximum atomic E-state index is 12.8. The lowest BCUT2D eigenvalue weighted by Gasteiger charge is -2.11. The molecular weight excluding hydrogens is 457 g/mol. The van der Waals surface area contributed by atoms with Gasteiger partial charge in [-0.3, -0.25) is 9.48 Å². The van der Waals surface area contributed by atoms with Gasteiger partial charge in [0.1, 0.15) is 12.4 Å². The third kappa shape index (κ3) is 5.75. The minimum Gasteiger partial charge on any atom is -0.489 e. The summed E-state index contributed by atoms with van der Waals surface area (Å²) < 4.78 is 7.62. The number of ether oxygens (including phenoxy) is 1. The summed E-state index contributed by atoms with van der Waals surface area (Å²) in [5.41, 5.74) is 5.08. The molecule has 0 spiro atoms. The summed E-state index contributed by atoms with van der Waals surface area (Å²) >= 11 is 12.5. The van der Waals surface area contributed by atoms with Gasteiger partial charge < -0.3 is 10.1 Å². The van der Waals surface area contributed by atoms with Crippen LogP contribution >= 0.6 is 23.2 Å². The quantitative estimate of drug-likeness (QED) is 0.321. The zero-order chi connectivity index (χ0) is 23.4. The number of nitrogens with zero attached hydrogens (tertiary/aromatic N) is 2. The maximum Gasteiger partial charge on any atom is 0.255 e. The standard InChI is InChI=1S/C26H23Cl2N3O2/c1-17-9-10-25(18(2)11-17)33-16-19-5-3-6-20(12-19)26(32)30-21-13-29-31(14-21)15-22-23(27)7-4-8-24(22)28/h3-14H,15-16H2,1-2H3,(H,30,32). The van der Waals surface area contributed by atoms with Crippen LogP contribution in [0.3, 0.4) is 0 Å². The summed E-state index contributed by atoms with van der Waals surface area (Å²) in [4.78, 5) is 12.8. The average molecular weight is 480 g/mol. The number of anilines is 1. The van der Waals surface area contributed by atoms with Crippen LogP contribution < -0.4 is 10.1 Å². The van der Waals surface area contributed by atoms with Gasteiger partial charge >= 0.3 is 0 Å².